The number of anilines is 1. The number of carbonyl (C=O) groups excluding carboxylic acids is 4. The number of aromatic nitrogens is 1. The maximum absolute atomic E-state index is 13.2. The Morgan fingerprint density at radius 3 is 2.59 bits per heavy atom. The second-order valence-corrected chi connectivity index (χ2v) is 10.5. The van der Waals surface area contributed by atoms with Crippen molar-refractivity contribution in [1.29, 1.82) is 0 Å². The zero-order valence-corrected chi connectivity index (χ0v) is 21.9. The van der Waals surface area contributed by atoms with Crippen LogP contribution in [-0.4, -0.2) is 63.9 Å². The first-order chi connectivity index (χ1) is 18.5. The van der Waals surface area contributed by atoms with E-state index in [1.807, 2.05) is 20.8 Å². The minimum atomic E-state index is -1.11. The van der Waals surface area contributed by atoms with E-state index in [0.717, 1.165) is 10.5 Å². The molecule has 5 amide bonds. The third kappa shape index (κ3) is 6.00. The molecule has 2 aliphatic rings. The van der Waals surface area contributed by atoms with Gasteiger partial charge in [-0.25, -0.2) is 9.78 Å². The zero-order chi connectivity index (χ0) is 28.3. The third-order valence-corrected chi connectivity index (χ3v) is 6.58. The molecule has 0 aliphatic carbocycles. The molecule has 2 atom stereocenters. The Bertz CT molecular complexity index is 1300. The van der Waals surface area contributed by atoms with Gasteiger partial charge in [0.1, 0.15) is 6.04 Å². The minimum absolute atomic E-state index is 0.0584. The van der Waals surface area contributed by atoms with E-state index in [1.165, 1.54) is 0 Å². The van der Waals surface area contributed by atoms with Gasteiger partial charge in [0.15, 0.2) is 0 Å². The quantitative estimate of drug-likeness (QED) is 0.278. The monoisotopic (exact) mass is 537 g/mol. The minimum Gasteiger partial charge on any atom is -0.478 e. The van der Waals surface area contributed by atoms with Gasteiger partial charge in [-0.05, 0) is 36.0 Å². The van der Waals surface area contributed by atoms with Crippen LogP contribution in [0.1, 0.15) is 72.4 Å². The molecule has 4 rings (SSSR count). The Balaban J connectivity index is 1.32. The molecular weight excluding hydrogens is 506 g/mol. The lowest BCUT2D eigenvalue weighted by atomic mass is 9.83. The van der Waals surface area contributed by atoms with Crippen LogP contribution in [0, 0.1) is 5.41 Å². The predicted molar refractivity (Wildman–Crippen MR) is 139 cm³/mol. The lowest BCUT2D eigenvalue weighted by molar-refractivity contribution is -0.136. The number of amides is 5. The number of ether oxygens (including phenoxy) is 1. The van der Waals surface area contributed by atoms with Gasteiger partial charge in [-0.2, -0.15) is 0 Å². The van der Waals surface area contributed by atoms with E-state index in [4.69, 9.17) is 9.84 Å². The summed E-state index contributed by atoms with van der Waals surface area (Å²) in [5.41, 5.74) is 1.26. The molecule has 39 heavy (non-hydrogen) atoms. The van der Waals surface area contributed by atoms with Crippen molar-refractivity contribution in [2.75, 3.05) is 18.5 Å². The van der Waals surface area contributed by atoms with E-state index in [-0.39, 0.29) is 29.4 Å². The van der Waals surface area contributed by atoms with Gasteiger partial charge >= 0.3 is 6.09 Å². The van der Waals surface area contributed by atoms with Crippen LogP contribution >= 0.6 is 0 Å². The van der Waals surface area contributed by atoms with E-state index >= 15 is 0 Å². The van der Waals surface area contributed by atoms with Crippen molar-refractivity contribution in [3.8, 4) is 5.88 Å². The lowest BCUT2D eigenvalue weighted by Crippen LogP contribution is -2.54. The molecule has 12 heteroatoms. The molecule has 4 N–H and O–H groups in total. The van der Waals surface area contributed by atoms with Crippen molar-refractivity contribution >= 4 is 35.4 Å². The summed E-state index contributed by atoms with van der Waals surface area (Å²) in [5, 5.41) is 17.0. The van der Waals surface area contributed by atoms with Crippen LogP contribution in [0.15, 0.2) is 36.5 Å². The maximum atomic E-state index is 13.2. The van der Waals surface area contributed by atoms with Gasteiger partial charge in [-0.15, -0.1) is 0 Å². The van der Waals surface area contributed by atoms with Crippen LogP contribution in [0.25, 0.3) is 0 Å². The van der Waals surface area contributed by atoms with Crippen LogP contribution in [0.4, 0.5) is 10.5 Å². The maximum Gasteiger partial charge on any atom is 0.405 e. The number of imide groups is 2. The molecule has 0 bridgehead atoms. The number of fused-ring (bicyclic) bond motifs is 1. The number of rotatable bonds is 9. The highest BCUT2D eigenvalue weighted by molar-refractivity contribution is 6.25. The van der Waals surface area contributed by atoms with Gasteiger partial charge in [0.05, 0.1) is 23.8 Å². The molecule has 206 valence electrons. The van der Waals surface area contributed by atoms with Gasteiger partial charge < -0.3 is 20.5 Å². The first kappa shape index (κ1) is 27.6. The fourth-order valence-corrected chi connectivity index (χ4v) is 4.71. The number of nitrogens with zero attached hydrogens (tertiary/aromatic N) is 2. The number of nitrogens with one attached hydrogen (secondary N) is 3. The summed E-state index contributed by atoms with van der Waals surface area (Å²) >= 11 is 0. The Kier molecular flexibility index (Phi) is 7.84. The van der Waals surface area contributed by atoms with E-state index in [0.29, 0.717) is 31.1 Å². The van der Waals surface area contributed by atoms with Crippen molar-refractivity contribution in [3.05, 3.63) is 53.2 Å². The van der Waals surface area contributed by atoms with Crippen LogP contribution in [0.5, 0.6) is 5.88 Å². The Labute approximate surface area is 225 Å². The van der Waals surface area contributed by atoms with Crippen molar-refractivity contribution in [2.24, 2.45) is 5.41 Å². The molecule has 0 spiro atoms. The number of benzene rings is 1. The molecule has 1 aromatic carbocycles. The summed E-state index contributed by atoms with van der Waals surface area (Å²) in [6, 6.07) is 6.89. The highest BCUT2D eigenvalue weighted by Gasteiger charge is 2.45. The molecule has 2 unspecified atom stereocenters. The zero-order valence-electron chi connectivity index (χ0n) is 21.9. The number of carboxylic acid groups (broad SMARTS) is 1. The van der Waals surface area contributed by atoms with Crippen LogP contribution in [-0.2, 0) is 9.59 Å². The van der Waals surface area contributed by atoms with Crippen LogP contribution in [0.2, 0.25) is 0 Å². The van der Waals surface area contributed by atoms with Crippen molar-refractivity contribution in [1.82, 2.24) is 20.5 Å². The molecule has 2 aliphatic heterocycles. The Morgan fingerprint density at radius 1 is 1.18 bits per heavy atom. The third-order valence-electron chi connectivity index (χ3n) is 6.58. The summed E-state index contributed by atoms with van der Waals surface area (Å²) < 4.78 is 5.70. The summed E-state index contributed by atoms with van der Waals surface area (Å²) in [6.45, 7) is 6.55. The number of pyridine rings is 1. The summed E-state index contributed by atoms with van der Waals surface area (Å²) in [6.07, 6.45) is 1.18. The number of hydrogen-bond acceptors (Lipinski definition) is 8. The molecule has 1 aromatic heterocycles. The second-order valence-electron chi connectivity index (χ2n) is 10.5. The van der Waals surface area contributed by atoms with E-state index in [1.54, 1.807) is 36.5 Å². The molecular formula is C27H31N5O7. The largest absolute Gasteiger partial charge is 0.478 e. The number of piperidine rings is 1. The summed E-state index contributed by atoms with van der Waals surface area (Å²) in [7, 11) is 0. The molecule has 0 saturated carbocycles. The standard InChI is InChI=1S/C27H31N5O7/c1-27(2,3)22(31-26(37)38)15-8-11-20(29-14-15)39-13-5-12-28-17-7-4-6-16-21(17)25(36)32(24(16)35)18-9-10-19(33)30-23(18)34/h4,6-8,11,14,18,22,28,31H,5,9-10,12-13H2,1-3H3,(H,37,38)(H,30,33,34). The van der Waals surface area contributed by atoms with E-state index in [9.17, 15) is 24.0 Å². The smallest absolute Gasteiger partial charge is 0.405 e. The topological polar surface area (TPSA) is 167 Å². The SMILES string of the molecule is CC(C)(C)C(NC(=O)O)c1ccc(OCCCNc2cccc3c2C(=O)N(C2CCC(=O)NC2=O)C3=O)nc1. The van der Waals surface area contributed by atoms with Crippen molar-refractivity contribution < 1.29 is 33.8 Å². The highest BCUT2D eigenvalue weighted by atomic mass is 16.5. The average Bonchev–Trinajstić information content (AvgIpc) is 3.12. The van der Waals surface area contributed by atoms with Gasteiger partial charge in [-0.3, -0.25) is 29.4 Å². The second kappa shape index (κ2) is 11.1. The molecule has 1 saturated heterocycles. The van der Waals surface area contributed by atoms with E-state index < -0.39 is 41.8 Å². The first-order valence-corrected chi connectivity index (χ1v) is 12.6. The van der Waals surface area contributed by atoms with Gasteiger partial charge in [0.25, 0.3) is 11.8 Å². The van der Waals surface area contributed by atoms with Gasteiger partial charge in [0.2, 0.25) is 17.7 Å². The van der Waals surface area contributed by atoms with Crippen LogP contribution < -0.4 is 20.7 Å². The summed E-state index contributed by atoms with van der Waals surface area (Å²) in [4.78, 5) is 66.3. The molecule has 2 aromatic rings. The van der Waals surface area contributed by atoms with Gasteiger partial charge in [0, 0.05) is 30.9 Å². The Hall–Kier alpha value is -4.48. The number of carbonyl (C=O) groups is 5. The lowest BCUT2D eigenvalue weighted by Gasteiger charge is -2.30. The van der Waals surface area contributed by atoms with Gasteiger partial charge in [-0.1, -0.05) is 32.9 Å². The predicted octanol–water partition coefficient (Wildman–Crippen LogP) is 2.72. The Morgan fingerprint density at radius 2 is 1.95 bits per heavy atom. The fourth-order valence-electron chi connectivity index (χ4n) is 4.71. The fraction of sp³-hybridized carbons (Fsp3) is 0.407. The van der Waals surface area contributed by atoms with E-state index in [2.05, 4.69) is 20.9 Å². The van der Waals surface area contributed by atoms with Crippen LogP contribution in [0.3, 0.4) is 0 Å². The van der Waals surface area contributed by atoms with Crippen molar-refractivity contribution in [2.45, 2.75) is 52.1 Å². The normalized spacial score (nSPS) is 17.9. The average molecular weight is 538 g/mol. The molecule has 1 fully saturated rings. The molecule has 12 nitrogen and oxygen atoms in total. The molecule has 0 radical (unpaired) electrons. The first-order valence-electron chi connectivity index (χ1n) is 12.6. The summed E-state index contributed by atoms with van der Waals surface area (Å²) in [5.74, 6) is -1.81. The van der Waals surface area contributed by atoms with Crippen molar-refractivity contribution in [3.63, 3.8) is 0 Å². The molecule has 3 heterocycles. The number of hydrogen-bond donors (Lipinski definition) is 4. The highest BCUT2D eigenvalue weighted by Crippen LogP contribution is 2.34.